The molecule has 110 valence electrons. The third-order valence-corrected chi connectivity index (χ3v) is 6.94. The van der Waals surface area contributed by atoms with Crippen LogP contribution in [-0.4, -0.2) is 34.6 Å². The average molecular weight is 423 g/mol. The fourth-order valence-electron chi connectivity index (χ4n) is 3.41. The van der Waals surface area contributed by atoms with Crippen molar-refractivity contribution in [1.29, 1.82) is 0 Å². The molecule has 1 amide bonds. The summed E-state index contributed by atoms with van der Waals surface area (Å²) in [6, 6.07) is 1.87. The molecule has 2 heterocycles. The minimum atomic E-state index is -0.526. The predicted octanol–water partition coefficient (Wildman–Crippen LogP) is 4.04. The number of halogens is 2. The summed E-state index contributed by atoms with van der Waals surface area (Å²) in [7, 11) is 0. The lowest BCUT2D eigenvalue weighted by Crippen LogP contribution is -2.54. The molecule has 3 rings (SSSR count). The Labute approximate surface area is 139 Å². The maximum absolute atomic E-state index is 12.6. The number of piperidine rings is 1. The molecule has 6 heteroatoms. The molecular formula is C14H17Br2NO2S. The third-order valence-electron chi connectivity index (χ3n) is 4.60. The van der Waals surface area contributed by atoms with Crippen LogP contribution in [0, 0.1) is 5.92 Å². The molecule has 1 aliphatic carbocycles. The van der Waals surface area contributed by atoms with E-state index in [1.54, 1.807) is 0 Å². The summed E-state index contributed by atoms with van der Waals surface area (Å²) in [6.07, 6.45) is 4.93. The molecule has 2 fully saturated rings. The number of amides is 1. The van der Waals surface area contributed by atoms with Gasteiger partial charge in [-0.1, -0.05) is 12.8 Å². The first-order valence-electron chi connectivity index (χ1n) is 6.96. The molecule has 20 heavy (non-hydrogen) atoms. The lowest BCUT2D eigenvalue weighted by Gasteiger charge is -2.47. The Hall–Kier alpha value is 0.0900. The smallest absolute Gasteiger partial charge is 0.255 e. The van der Waals surface area contributed by atoms with Crippen molar-refractivity contribution in [2.45, 2.75) is 37.7 Å². The van der Waals surface area contributed by atoms with E-state index in [0.717, 1.165) is 32.4 Å². The quantitative estimate of drug-likeness (QED) is 0.741. The lowest BCUT2D eigenvalue weighted by atomic mass is 9.71. The molecule has 1 aliphatic heterocycles. The maximum atomic E-state index is 12.6. The normalized spacial score (nSPS) is 30.1. The highest BCUT2D eigenvalue weighted by Crippen LogP contribution is 2.41. The number of likely N-dealkylation sites (tertiary alicyclic amines) is 1. The Kier molecular flexibility index (Phi) is 4.28. The Bertz CT molecular complexity index is 533. The van der Waals surface area contributed by atoms with E-state index in [0.29, 0.717) is 19.5 Å². The summed E-state index contributed by atoms with van der Waals surface area (Å²) in [5.74, 6) is 0.321. The van der Waals surface area contributed by atoms with Crippen LogP contribution >= 0.6 is 43.2 Å². The summed E-state index contributed by atoms with van der Waals surface area (Å²) >= 11 is 8.39. The number of hydrogen-bond donors (Lipinski definition) is 1. The fourth-order valence-corrected chi connectivity index (χ4v) is 6.19. The molecule has 1 N–H and O–H groups in total. The van der Waals surface area contributed by atoms with E-state index in [1.165, 1.54) is 17.8 Å². The largest absolute Gasteiger partial charge is 0.389 e. The molecule has 1 aromatic rings. The van der Waals surface area contributed by atoms with Gasteiger partial charge in [0.25, 0.3) is 5.91 Å². The third kappa shape index (κ3) is 2.72. The molecule has 1 saturated carbocycles. The van der Waals surface area contributed by atoms with Crippen LogP contribution in [0.15, 0.2) is 13.6 Å². The van der Waals surface area contributed by atoms with Gasteiger partial charge in [0.2, 0.25) is 0 Å². The molecule has 1 aromatic heterocycles. The van der Waals surface area contributed by atoms with Gasteiger partial charge in [0.1, 0.15) is 0 Å². The van der Waals surface area contributed by atoms with Crippen LogP contribution in [-0.2, 0) is 0 Å². The SMILES string of the molecule is O=C(c1cc(Br)sc1Br)N1CCC2(O)CCCCC2C1. The number of carbonyl (C=O) groups is 1. The van der Waals surface area contributed by atoms with Crippen LogP contribution in [0.25, 0.3) is 0 Å². The van der Waals surface area contributed by atoms with Crippen LogP contribution in [0.4, 0.5) is 0 Å². The average Bonchev–Trinajstić information content (AvgIpc) is 2.76. The highest BCUT2D eigenvalue weighted by atomic mass is 79.9. The van der Waals surface area contributed by atoms with Gasteiger partial charge < -0.3 is 10.0 Å². The van der Waals surface area contributed by atoms with Crippen molar-refractivity contribution < 1.29 is 9.90 Å². The summed E-state index contributed by atoms with van der Waals surface area (Å²) in [6.45, 7) is 1.35. The van der Waals surface area contributed by atoms with Crippen molar-refractivity contribution in [3.8, 4) is 0 Å². The summed E-state index contributed by atoms with van der Waals surface area (Å²) in [4.78, 5) is 14.5. The predicted molar refractivity (Wildman–Crippen MR) is 87.1 cm³/mol. The van der Waals surface area contributed by atoms with Crippen molar-refractivity contribution in [2.75, 3.05) is 13.1 Å². The second-order valence-corrected chi connectivity index (χ2v) is 9.53. The van der Waals surface area contributed by atoms with Crippen LogP contribution < -0.4 is 0 Å². The molecule has 3 nitrogen and oxygen atoms in total. The minimum Gasteiger partial charge on any atom is -0.389 e. The fraction of sp³-hybridized carbons (Fsp3) is 0.643. The van der Waals surface area contributed by atoms with E-state index in [1.807, 2.05) is 11.0 Å². The number of thiophene rings is 1. The van der Waals surface area contributed by atoms with Gasteiger partial charge in [0.05, 0.1) is 18.7 Å². The topological polar surface area (TPSA) is 40.5 Å². The second-order valence-electron chi connectivity index (χ2n) is 5.79. The van der Waals surface area contributed by atoms with Crippen LogP contribution in [0.1, 0.15) is 42.5 Å². The molecule has 0 radical (unpaired) electrons. The van der Waals surface area contributed by atoms with E-state index in [2.05, 4.69) is 31.9 Å². The maximum Gasteiger partial charge on any atom is 0.255 e. The first-order chi connectivity index (χ1) is 9.49. The van der Waals surface area contributed by atoms with Crippen molar-refractivity contribution >= 4 is 49.1 Å². The summed E-state index contributed by atoms with van der Waals surface area (Å²) in [5, 5.41) is 10.7. The number of carbonyl (C=O) groups excluding carboxylic acids is 1. The minimum absolute atomic E-state index is 0.0754. The van der Waals surface area contributed by atoms with Gasteiger partial charge in [0.15, 0.2) is 0 Å². The van der Waals surface area contributed by atoms with E-state index in [4.69, 9.17) is 0 Å². The summed E-state index contributed by atoms with van der Waals surface area (Å²) in [5.41, 5.74) is 0.199. The zero-order valence-electron chi connectivity index (χ0n) is 11.1. The Morgan fingerprint density at radius 1 is 1.40 bits per heavy atom. The van der Waals surface area contributed by atoms with Crippen molar-refractivity contribution in [1.82, 2.24) is 4.90 Å². The lowest BCUT2D eigenvalue weighted by molar-refractivity contribution is -0.0886. The molecule has 0 aromatic carbocycles. The standard InChI is InChI=1S/C14H17Br2NO2S/c15-11-7-10(12(16)20-11)13(18)17-6-5-14(19)4-2-1-3-9(14)8-17/h7,9,19H,1-6,8H2. The van der Waals surface area contributed by atoms with Crippen molar-refractivity contribution in [3.05, 3.63) is 19.2 Å². The number of nitrogens with zero attached hydrogens (tertiary/aromatic N) is 1. The second kappa shape index (κ2) is 5.71. The first-order valence-corrected chi connectivity index (χ1v) is 9.36. The summed E-state index contributed by atoms with van der Waals surface area (Å²) < 4.78 is 1.83. The van der Waals surface area contributed by atoms with Crippen LogP contribution in [0.2, 0.25) is 0 Å². The van der Waals surface area contributed by atoms with E-state index in [9.17, 15) is 9.90 Å². The molecule has 2 aliphatic rings. The Balaban J connectivity index is 1.76. The Morgan fingerprint density at radius 2 is 2.20 bits per heavy atom. The molecule has 0 spiro atoms. The van der Waals surface area contributed by atoms with Crippen molar-refractivity contribution in [3.63, 3.8) is 0 Å². The van der Waals surface area contributed by atoms with E-state index < -0.39 is 5.60 Å². The van der Waals surface area contributed by atoms with Gasteiger partial charge >= 0.3 is 0 Å². The van der Waals surface area contributed by atoms with Gasteiger partial charge in [-0.05, 0) is 57.2 Å². The van der Waals surface area contributed by atoms with Gasteiger partial charge in [-0.2, -0.15) is 0 Å². The monoisotopic (exact) mass is 421 g/mol. The number of rotatable bonds is 1. The van der Waals surface area contributed by atoms with Gasteiger partial charge in [-0.3, -0.25) is 4.79 Å². The molecular weight excluding hydrogens is 406 g/mol. The highest BCUT2D eigenvalue weighted by molar-refractivity contribution is 9.12. The number of hydrogen-bond acceptors (Lipinski definition) is 3. The Morgan fingerprint density at radius 3 is 2.90 bits per heavy atom. The van der Waals surface area contributed by atoms with Gasteiger partial charge in [-0.15, -0.1) is 11.3 Å². The molecule has 0 bridgehead atoms. The van der Waals surface area contributed by atoms with Gasteiger partial charge in [0, 0.05) is 19.0 Å². The molecule has 2 atom stereocenters. The zero-order chi connectivity index (χ0) is 14.3. The van der Waals surface area contributed by atoms with Crippen LogP contribution in [0.3, 0.4) is 0 Å². The van der Waals surface area contributed by atoms with Crippen molar-refractivity contribution in [2.24, 2.45) is 5.92 Å². The molecule has 1 saturated heterocycles. The van der Waals surface area contributed by atoms with Gasteiger partial charge in [-0.25, -0.2) is 0 Å². The van der Waals surface area contributed by atoms with Crippen LogP contribution in [0.5, 0.6) is 0 Å². The van der Waals surface area contributed by atoms with E-state index in [-0.39, 0.29) is 11.8 Å². The number of fused-ring (bicyclic) bond motifs is 1. The highest BCUT2D eigenvalue weighted by Gasteiger charge is 2.44. The first kappa shape index (κ1) is 15.0. The number of aliphatic hydroxyl groups is 1. The zero-order valence-corrected chi connectivity index (χ0v) is 15.1. The van der Waals surface area contributed by atoms with E-state index >= 15 is 0 Å². The molecule has 2 unspecified atom stereocenters.